The Labute approximate surface area is 168 Å². The number of aliphatic hydroxyl groups excluding tert-OH is 1. The summed E-state index contributed by atoms with van der Waals surface area (Å²) in [5, 5.41) is 10.4. The predicted molar refractivity (Wildman–Crippen MR) is 113 cm³/mol. The van der Waals surface area contributed by atoms with Gasteiger partial charge in [0.2, 0.25) is 5.89 Å². The molecule has 0 spiro atoms. The van der Waals surface area contributed by atoms with Crippen molar-refractivity contribution in [3.8, 4) is 0 Å². The molecule has 5 heteroatoms. The first-order valence-electron chi connectivity index (χ1n) is 9.63. The maximum atomic E-state index is 11.3. The molecule has 1 N–H and O–H groups in total. The number of rotatable bonds is 11. The predicted octanol–water partition coefficient (Wildman–Crippen LogP) is 5.36. The highest BCUT2D eigenvalue weighted by atomic mass is 16.5. The first-order chi connectivity index (χ1) is 13.3. The van der Waals surface area contributed by atoms with Crippen LogP contribution in [0.2, 0.25) is 0 Å². The highest BCUT2D eigenvalue weighted by Gasteiger charge is 2.25. The van der Waals surface area contributed by atoms with E-state index < -0.39 is 5.97 Å². The molecule has 0 amide bonds. The summed E-state index contributed by atoms with van der Waals surface area (Å²) in [4.78, 5) is 15.3. The summed E-state index contributed by atoms with van der Waals surface area (Å²) in [6.45, 7) is 8.31. The number of carbonyl (C=O) groups is 1. The van der Waals surface area contributed by atoms with Gasteiger partial charge in [-0.2, -0.15) is 0 Å². The van der Waals surface area contributed by atoms with E-state index in [0.29, 0.717) is 18.2 Å². The maximum Gasteiger partial charge on any atom is 0.360 e. The van der Waals surface area contributed by atoms with Crippen LogP contribution in [0.15, 0.2) is 53.2 Å². The number of ether oxygens (including phenoxy) is 1. The summed E-state index contributed by atoms with van der Waals surface area (Å²) < 4.78 is 9.75. The molecule has 1 heterocycles. The molecule has 0 saturated carbocycles. The van der Waals surface area contributed by atoms with E-state index in [-0.39, 0.29) is 17.2 Å². The third-order valence-electron chi connectivity index (χ3n) is 4.52. The second-order valence-corrected chi connectivity index (χ2v) is 7.50. The number of hydrogen-bond acceptors (Lipinski definition) is 5. The Morgan fingerprint density at radius 2 is 2.04 bits per heavy atom. The van der Waals surface area contributed by atoms with Crippen LogP contribution in [0.4, 0.5) is 0 Å². The first kappa shape index (κ1) is 23.6. The molecule has 1 rings (SSSR count). The van der Waals surface area contributed by atoms with Crippen LogP contribution >= 0.6 is 0 Å². The molecule has 154 valence electrons. The lowest BCUT2D eigenvalue weighted by Gasteiger charge is -2.28. The molecule has 0 saturated heterocycles. The quantitative estimate of drug-likeness (QED) is 0.314. The zero-order chi connectivity index (χ0) is 21.0. The number of carbonyl (C=O) groups excluding carboxylic acids is 1. The van der Waals surface area contributed by atoms with E-state index in [2.05, 4.69) is 54.8 Å². The van der Waals surface area contributed by atoms with Crippen molar-refractivity contribution in [2.75, 3.05) is 7.11 Å². The topological polar surface area (TPSA) is 72.6 Å². The van der Waals surface area contributed by atoms with E-state index in [0.717, 1.165) is 12.8 Å². The van der Waals surface area contributed by atoms with Crippen LogP contribution in [0.5, 0.6) is 0 Å². The summed E-state index contributed by atoms with van der Waals surface area (Å²) in [7, 11) is 1.30. The number of esters is 1. The molecule has 0 aliphatic carbocycles. The summed E-state index contributed by atoms with van der Waals surface area (Å²) in [5.41, 5.74) is 0.0271. The van der Waals surface area contributed by atoms with Crippen LogP contribution in [0.25, 0.3) is 6.08 Å². The lowest BCUT2D eigenvalue weighted by molar-refractivity contribution is 0.0547. The fourth-order valence-corrected chi connectivity index (χ4v) is 2.47. The van der Waals surface area contributed by atoms with Gasteiger partial charge in [-0.1, -0.05) is 63.3 Å². The monoisotopic (exact) mass is 387 g/mol. The number of aliphatic hydroxyl groups is 1. The summed E-state index contributed by atoms with van der Waals surface area (Å²) in [5.74, 6) is 0.213. The standard InChI is InChI=1S/C23H33NO4/c1-6-7-16-23(3,4)20(25)14-11-13-18(2)12-9-8-10-15-21-24-19(17-28-21)22(26)27-5/h6-11,13,15,17-18,20,25H,12,14,16H2,1-5H3/b7-6+,9-8+,13-11-,15-10-. The fraction of sp³-hybridized carbons (Fsp3) is 0.478. The molecule has 2 atom stereocenters. The molecule has 28 heavy (non-hydrogen) atoms. The van der Waals surface area contributed by atoms with Gasteiger partial charge in [0.1, 0.15) is 6.26 Å². The van der Waals surface area contributed by atoms with Gasteiger partial charge in [-0.05, 0) is 37.5 Å². The van der Waals surface area contributed by atoms with Crippen LogP contribution in [-0.2, 0) is 4.74 Å². The van der Waals surface area contributed by atoms with E-state index in [1.165, 1.54) is 13.4 Å². The van der Waals surface area contributed by atoms with Crippen molar-refractivity contribution >= 4 is 12.0 Å². The molecule has 0 aromatic carbocycles. The minimum Gasteiger partial charge on any atom is -0.464 e. The van der Waals surface area contributed by atoms with Gasteiger partial charge in [0.05, 0.1) is 13.2 Å². The first-order valence-corrected chi connectivity index (χ1v) is 9.63. The van der Waals surface area contributed by atoms with Gasteiger partial charge in [-0.3, -0.25) is 0 Å². The van der Waals surface area contributed by atoms with Crippen molar-refractivity contribution in [1.82, 2.24) is 4.98 Å². The Hall–Kier alpha value is -2.40. The van der Waals surface area contributed by atoms with Gasteiger partial charge in [0.25, 0.3) is 0 Å². The van der Waals surface area contributed by atoms with Crippen LogP contribution in [0.3, 0.4) is 0 Å². The second kappa shape index (κ2) is 12.1. The molecule has 0 bridgehead atoms. The summed E-state index contributed by atoms with van der Waals surface area (Å²) in [6, 6.07) is 0. The number of allylic oxidation sites excluding steroid dienone is 6. The molecule has 0 radical (unpaired) electrons. The zero-order valence-corrected chi connectivity index (χ0v) is 17.6. The van der Waals surface area contributed by atoms with Crippen molar-refractivity contribution in [3.05, 3.63) is 60.4 Å². The lowest BCUT2D eigenvalue weighted by atomic mass is 9.81. The normalized spacial score (nSPS) is 15.2. The van der Waals surface area contributed by atoms with E-state index >= 15 is 0 Å². The lowest BCUT2D eigenvalue weighted by Crippen LogP contribution is -2.28. The number of methoxy groups -OCH3 is 1. The third kappa shape index (κ3) is 8.53. The van der Waals surface area contributed by atoms with Crippen molar-refractivity contribution in [1.29, 1.82) is 0 Å². The minimum atomic E-state index is -0.519. The van der Waals surface area contributed by atoms with Crippen molar-refractivity contribution in [2.45, 2.75) is 53.1 Å². The molecular formula is C23H33NO4. The summed E-state index contributed by atoms with van der Waals surface area (Å²) >= 11 is 0. The average Bonchev–Trinajstić information content (AvgIpc) is 3.14. The van der Waals surface area contributed by atoms with Crippen LogP contribution in [0.1, 0.15) is 63.3 Å². The molecule has 0 fully saturated rings. The van der Waals surface area contributed by atoms with Gasteiger partial charge in [0, 0.05) is 6.08 Å². The second-order valence-electron chi connectivity index (χ2n) is 7.50. The molecule has 0 aliphatic heterocycles. The van der Waals surface area contributed by atoms with Crippen molar-refractivity contribution in [3.63, 3.8) is 0 Å². The average molecular weight is 388 g/mol. The van der Waals surface area contributed by atoms with Crippen LogP contribution < -0.4 is 0 Å². The van der Waals surface area contributed by atoms with Crippen LogP contribution in [0, 0.1) is 11.3 Å². The highest BCUT2D eigenvalue weighted by Crippen LogP contribution is 2.28. The molecule has 0 aliphatic rings. The van der Waals surface area contributed by atoms with E-state index in [1.54, 1.807) is 6.08 Å². The van der Waals surface area contributed by atoms with E-state index in [1.807, 2.05) is 25.2 Å². The highest BCUT2D eigenvalue weighted by molar-refractivity contribution is 5.86. The Bertz CT molecular complexity index is 710. The van der Waals surface area contributed by atoms with E-state index in [9.17, 15) is 9.90 Å². The number of oxazole rings is 1. The van der Waals surface area contributed by atoms with Gasteiger partial charge >= 0.3 is 5.97 Å². The smallest absolute Gasteiger partial charge is 0.360 e. The largest absolute Gasteiger partial charge is 0.464 e. The van der Waals surface area contributed by atoms with E-state index in [4.69, 9.17) is 4.42 Å². The van der Waals surface area contributed by atoms with Gasteiger partial charge in [-0.25, -0.2) is 9.78 Å². The Balaban J connectivity index is 2.39. The fourth-order valence-electron chi connectivity index (χ4n) is 2.47. The molecule has 2 unspecified atom stereocenters. The molecule has 5 nitrogen and oxygen atoms in total. The van der Waals surface area contributed by atoms with Crippen molar-refractivity contribution < 1.29 is 19.1 Å². The number of hydrogen-bond donors (Lipinski definition) is 1. The van der Waals surface area contributed by atoms with Gasteiger partial charge < -0.3 is 14.3 Å². The summed E-state index contributed by atoms with van der Waals surface area (Å²) in [6.07, 6.45) is 19.1. The van der Waals surface area contributed by atoms with Crippen molar-refractivity contribution in [2.24, 2.45) is 11.3 Å². The van der Waals surface area contributed by atoms with Crippen LogP contribution in [-0.4, -0.2) is 29.3 Å². The maximum absolute atomic E-state index is 11.3. The molecule has 1 aromatic rings. The number of nitrogens with zero attached hydrogens (tertiary/aromatic N) is 1. The van der Waals surface area contributed by atoms with Gasteiger partial charge in [-0.15, -0.1) is 0 Å². The number of aromatic nitrogens is 1. The Morgan fingerprint density at radius 1 is 1.29 bits per heavy atom. The Morgan fingerprint density at radius 3 is 2.71 bits per heavy atom. The third-order valence-corrected chi connectivity index (χ3v) is 4.52. The van der Waals surface area contributed by atoms with Gasteiger partial charge in [0.15, 0.2) is 5.69 Å². The SMILES string of the molecule is C/C=C/CC(C)(C)C(O)C/C=C\C(C)C/C=C/C=C\c1nc(C(=O)OC)co1. The zero-order valence-electron chi connectivity index (χ0n) is 17.6. The molecule has 1 aromatic heterocycles. The molecular weight excluding hydrogens is 354 g/mol. The minimum absolute atomic E-state index is 0.127. The Kier molecular flexibility index (Phi) is 10.2.